The number of imide groups is 1. The minimum Gasteiger partial charge on any atom is -0.317 e. The molecule has 2 aliphatic heterocycles. The van der Waals surface area contributed by atoms with E-state index in [-0.39, 0.29) is 5.91 Å². The van der Waals surface area contributed by atoms with Gasteiger partial charge < -0.3 is 5.32 Å². The lowest BCUT2D eigenvalue weighted by atomic mass is 9.89. The lowest BCUT2D eigenvalue weighted by Gasteiger charge is -2.25. The predicted octanol–water partition coefficient (Wildman–Crippen LogP) is 1.49. The summed E-state index contributed by atoms with van der Waals surface area (Å²) in [7, 11) is 1.88. The van der Waals surface area contributed by atoms with Gasteiger partial charge in [0, 0.05) is 25.4 Å². The standard InChI is InChI=1S/C17H21N5O2/c1-21-14-3-2-12(11-4-7-18-8-5-11)10-13(14)16(20-21)22-9-6-15(23)19-17(22)24/h2-3,10-11,18H,4-9H2,1H3,(H,19,23,24). The van der Waals surface area contributed by atoms with Crippen molar-refractivity contribution in [3.63, 3.8) is 0 Å². The van der Waals surface area contributed by atoms with Crippen LogP contribution >= 0.6 is 0 Å². The van der Waals surface area contributed by atoms with Crippen LogP contribution in [0.3, 0.4) is 0 Å². The number of benzene rings is 1. The van der Waals surface area contributed by atoms with Gasteiger partial charge in [0.2, 0.25) is 5.91 Å². The summed E-state index contributed by atoms with van der Waals surface area (Å²) >= 11 is 0. The van der Waals surface area contributed by atoms with E-state index in [1.54, 1.807) is 9.58 Å². The van der Waals surface area contributed by atoms with Crippen molar-refractivity contribution >= 4 is 28.7 Å². The van der Waals surface area contributed by atoms with Gasteiger partial charge in [-0.2, -0.15) is 5.10 Å². The van der Waals surface area contributed by atoms with Gasteiger partial charge in [-0.05, 0) is 49.5 Å². The van der Waals surface area contributed by atoms with Crippen molar-refractivity contribution in [2.24, 2.45) is 7.05 Å². The maximum Gasteiger partial charge on any atom is 0.329 e. The second kappa shape index (κ2) is 5.90. The Kier molecular flexibility index (Phi) is 3.72. The first-order valence-electron chi connectivity index (χ1n) is 8.42. The fourth-order valence-electron chi connectivity index (χ4n) is 3.64. The van der Waals surface area contributed by atoms with Crippen LogP contribution in [0.4, 0.5) is 10.6 Å². The Bertz CT molecular complexity index is 807. The molecule has 4 rings (SSSR count). The minimum absolute atomic E-state index is 0.230. The van der Waals surface area contributed by atoms with Gasteiger partial charge in [-0.15, -0.1) is 0 Å². The van der Waals surface area contributed by atoms with Crippen molar-refractivity contribution in [3.05, 3.63) is 23.8 Å². The van der Waals surface area contributed by atoms with E-state index < -0.39 is 6.03 Å². The highest BCUT2D eigenvalue weighted by Crippen LogP contribution is 2.32. The van der Waals surface area contributed by atoms with Crippen LogP contribution in [0.1, 0.15) is 30.7 Å². The maximum atomic E-state index is 12.2. The first kappa shape index (κ1) is 15.1. The average Bonchev–Trinajstić information content (AvgIpc) is 2.92. The van der Waals surface area contributed by atoms with Crippen LogP contribution in [0.5, 0.6) is 0 Å². The molecule has 0 bridgehead atoms. The normalized spacial score (nSPS) is 19.8. The fraction of sp³-hybridized carbons (Fsp3) is 0.471. The van der Waals surface area contributed by atoms with Crippen molar-refractivity contribution in [3.8, 4) is 0 Å². The van der Waals surface area contributed by atoms with Gasteiger partial charge in [0.1, 0.15) is 0 Å². The average molecular weight is 327 g/mol. The molecule has 126 valence electrons. The van der Waals surface area contributed by atoms with E-state index in [1.165, 1.54) is 5.56 Å². The summed E-state index contributed by atoms with van der Waals surface area (Å²) in [6.07, 6.45) is 2.55. The molecule has 7 nitrogen and oxygen atoms in total. The zero-order valence-corrected chi connectivity index (χ0v) is 13.7. The Balaban J connectivity index is 1.75. The van der Waals surface area contributed by atoms with Crippen LogP contribution in [-0.4, -0.2) is 41.4 Å². The number of hydrogen-bond acceptors (Lipinski definition) is 4. The van der Waals surface area contributed by atoms with Gasteiger partial charge >= 0.3 is 6.03 Å². The van der Waals surface area contributed by atoms with E-state index in [0.29, 0.717) is 24.7 Å². The molecule has 0 saturated carbocycles. The number of carbonyl (C=O) groups excluding carboxylic acids is 2. The monoisotopic (exact) mass is 327 g/mol. The first-order valence-corrected chi connectivity index (χ1v) is 8.42. The third kappa shape index (κ3) is 2.54. The maximum absolute atomic E-state index is 12.2. The number of aryl methyl sites for hydroxylation is 1. The second-order valence-corrected chi connectivity index (χ2v) is 6.50. The number of piperidine rings is 1. The van der Waals surface area contributed by atoms with Crippen molar-refractivity contribution in [1.29, 1.82) is 0 Å². The highest BCUT2D eigenvalue weighted by Gasteiger charge is 2.28. The number of fused-ring (bicyclic) bond motifs is 1. The molecule has 0 radical (unpaired) electrons. The van der Waals surface area contributed by atoms with Crippen molar-refractivity contribution in [2.75, 3.05) is 24.5 Å². The molecule has 1 aromatic carbocycles. The second-order valence-electron chi connectivity index (χ2n) is 6.50. The summed E-state index contributed by atoms with van der Waals surface area (Å²) in [6.45, 7) is 2.45. The van der Waals surface area contributed by atoms with Crippen molar-refractivity contribution in [2.45, 2.75) is 25.2 Å². The molecule has 2 fully saturated rings. The van der Waals surface area contributed by atoms with Gasteiger partial charge in [0.25, 0.3) is 0 Å². The Morgan fingerprint density at radius 3 is 2.75 bits per heavy atom. The zero-order valence-electron chi connectivity index (χ0n) is 13.7. The molecule has 2 saturated heterocycles. The Morgan fingerprint density at radius 2 is 2.00 bits per heavy atom. The topological polar surface area (TPSA) is 79.3 Å². The molecule has 1 aromatic heterocycles. The summed E-state index contributed by atoms with van der Waals surface area (Å²) in [5, 5.41) is 11.3. The van der Waals surface area contributed by atoms with Crippen LogP contribution in [0.15, 0.2) is 18.2 Å². The van der Waals surface area contributed by atoms with Crippen LogP contribution in [-0.2, 0) is 11.8 Å². The van der Waals surface area contributed by atoms with Crippen molar-refractivity contribution < 1.29 is 9.59 Å². The summed E-state index contributed by atoms with van der Waals surface area (Å²) < 4.78 is 1.79. The predicted molar refractivity (Wildman–Crippen MR) is 91.1 cm³/mol. The molecule has 2 N–H and O–H groups in total. The number of nitrogens with one attached hydrogen (secondary N) is 2. The lowest BCUT2D eigenvalue weighted by Crippen LogP contribution is -2.49. The number of aromatic nitrogens is 2. The molecule has 7 heteroatoms. The molecule has 24 heavy (non-hydrogen) atoms. The zero-order chi connectivity index (χ0) is 16.7. The molecule has 0 aliphatic carbocycles. The van der Waals surface area contributed by atoms with E-state index in [4.69, 9.17) is 0 Å². The van der Waals surface area contributed by atoms with Crippen LogP contribution in [0, 0.1) is 0 Å². The van der Waals surface area contributed by atoms with E-state index in [1.807, 2.05) is 7.05 Å². The smallest absolute Gasteiger partial charge is 0.317 e. The van der Waals surface area contributed by atoms with Crippen LogP contribution < -0.4 is 15.5 Å². The van der Waals surface area contributed by atoms with Gasteiger partial charge in [0.15, 0.2) is 5.82 Å². The van der Waals surface area contributed by atoms with Crippen LogP contribution in [0.25, 0.3) is 10.9 Å². The quantitative estimate of drug-likeness (QED) is 0.876. The number of hydrogen-bond donors (Lipinski definition) is 2. The fourth-order valence-corrected chi connectivity index (χ4v) is 3.64. The molecule has 0 atom stereocenters. The van der Waals surface area contributed by atoms with E-state index in [0.717, 1.165) is 36.8 Å². The molecule has 2 aromatic rings. The summed E-state index contributed by atoms with van der Waals surface area (Å²) in [4.78, 5) is 25.1. The lowest BCUT2D eigenvalue weighted by molar-refractivity contribution is -0.120. The molecule has 0 spiro atoms. The minimum atomic E-state index is -0.390. The van der Waals surface area contributed by atoms with Gasteiger partial charge in [-0.1, -0.05) is 6.07 Å². The Morgan fingerprint density at radius 1 is 1.21 bits per heavy atom. The highest BCUT2D eigenvalue weighted by molar-refractivity contribution is 6.08. The third-order valence-corrected chi connectivity index (χ3v) is 4.98. The molecule has 2 aliphatic rings. The largest absolute Gasteiger partial charge is 0.329 e. The molecular weight excluding hydrogens is 306 g/mol. The summed E-state index contributed by atoms with van der Waals surface area (Å²) in [5.41, 5.74) is 2.29. The number of carbonyl (C=O) groups is 2. The highest BCUT2D eigenvalue weighted by atomic mass is 16.2. The van der Waals surface area contributed by atoms with Gasteiger partial charge in [0.05, 0.1) is 5.52 Å². The SMILES string of the molecule is Cn1nc(N2CCC(=O)NC2=O)c2cc(C3CCNCC3)ccc21. The Hall–Kier alpha value is -2.41. The van der Waals surface area contributed by atoms with Crippen molar-refractivity contribution in [1.82, 2.24) is 20.4 Å². The Labute approximate surface area is 140 Å². The number of urea groups is 1. The van der Waals surface area contributed by atoms with E-state index >= 15 is 0 Å². The molecule has 3 heterocycles. The molecular formula is C17H21N5O2. The summed E-state index contributed by atoms with van der Waals surface area (Å²) in [5.74, 6) is 0.945. The first-order chi connectivity index (χ1) is 11.6. The number of rotatable bonds is 2. The number of anilines is 1. The van der Waals surface area contributed by atoms with E-state index in [9.17, 15) is 9.59 Å². The third-order valence-electron chi connectivity index (χ3n) is 4.98. The van der Waals surface area contributed by atoms with E-state index in [2.05, 4.69) is 33.9 Å². The summed E-state index contributed by atoms with van der Waals surface area (Å²) in [6, 6.07) is 6.02. The number of amides is 3. The molecule has 3 amide bonds. The van der Waals surface area contributed by atoms with Gasteiger partial charge in [-0.25, -0.2) is 4.79 Å². The van der Waals surface area contributed by atoms with Gasteiger partial charge in [-0.3, -0.25) is 19.7 Å². The van der Waals surface area contributed by atoms with Crippen LogP contribution in [0.2, 0.25) is 0 Å². The molecule has 0 unspecified atom stereocenters. The number of nitrogens with zero attached hydrogens (tertiary/aromatic N) is 3.